The van der Waals surface area contributed by atoms with E-state index in [0.717, 1.165) is 36.0 Å². The maximum atomic E-state index is 13.0. The third-order valence-electron chi connectivity index (χ3n) is 4.86. The lowest BCUT2D eigenvalue weighted by Crippen LogP contribution is -2.53. The van der Waals surface area contributed by atoms with Gasteiger partial charge in [-0.3, -0.25) is 14.5 Å². The van der Waals surface area contributed by atoms with E-state index in [1.165, 1.54) is 0 Å². The van der Waals surface area contributed by atoms with Crippen LogP contribution in [0.5, 0.6) is 0 Å². The fourth-order valence-corrected chi connectivity index (χ4v) is 3.48. The lowest BCUT2D eigenvalue weighted by Gasteiger charge is -2.36. The van der Waals surface area contributed by atoms with E-state index in [2.05, 4.69) is 38.3 Å². The molecule has 2 aliphatic rings. The van der Waals surface area contributed by atoms with Crippen LogP contribution < -0.4 is 5.32 Å². The van der Waals surface area contributed by atoms with Crippen molar-refractivity contribution in [2.45, 2.75) is 18.3 Å². The zero-order valence-electron chi connectivity index (χ0n) is 13.3. The number of carbonyl (C=O) groups is 2. The van der Waals surface area contributed by atoms with E-state index >= 15 is 0 Å². The maximum Gasteiger partial charge on any atom is 0.233 e. The van der Waals surface area contributed by atoms with Crippen LogP contribution in [-0.2, 0) is 15.0 Å². The minimum absolute atomic E-state index is 0.0262. The molecule has 1 N–H and O–H groups in total. The Morgan fingerprint density at radius 1 is 1.13 bits per heavy atom. The Bertz CT molecular complexity index is 590. The molecule has 6 heteroatoms. The first kappa shape index (κ1) is 16.5. The van der Waals surface area contributed by atoms with Crippen molar-refractivity contribution in [3.8, 4) is 0 Å². The Balaban J connectivity index is 1.61. The normalized spacial score (nSPS) is 20.2. The second-order valence-corrected chi connectivity index (χ2v) is 7.25. The van der Waals surface area contributed by atoms with Crippen molar-refractivity contribution in [3.63, 3.8) is 0 Å². The van der Waals surface area contributed by atoms with Crippen molar-refractivity contribution in [1.82, 2.24) is 15.1 Å². The van der Waals surface area contributed by atoms with Crippen molar-refractivity contribution in [2.75, 3.05) is 39.8 Å². The number of carbonyl (C=O) groups excluding carboxylic acids is 2. The molecular weight excluding hydrogens is 358 g/mol. The SMILES string of the molecule is CNC(=O)CN1CCN(C(=O)C2(c3ccc(Br)cc3)CC2)CC1. The quantitative estimate of drug-likeness (QED) is 0.859. The number of piperazine rings is 1. The molecule has 1 heterocycles. The van der Waals surface area contributed by atoms with Crippen LogP contribution in [0.25, 0.3) is 0 Å². The smallest absolute Gasteiger partial charge is 0.233 e. The second kappa shape index (κ2) is 6.61. The fourth-order valence-electron chi connectivity index (χ4n) is 3.21. The van der Waals surface area contributed by atoms with Crippen molar-refractivity contribution in [2.24, 2.45) is 0 Å². The van der Waals surface area contributed by atoms with E-state index in [-0.39, 0.29) is 17.2 Å². The summed E-state index contributed by atoms with van der Waals surface area (Å²) < 4.78 is 1.03. The number of rotatable bonds is 4. The molecule has 2 amide bonds. The van der Waals surface area contributed by atoms with Gasteiger partial charge in [0.2, 0.25) is 11.8 Å². The number of hydrogen-bond acceptors (Lipinski definition) is 3. The largest absolute Gasteiger partial charge is 0.358 e. The zero-order valence-corrected chi connectivity index (χ0v) is 14.9. The highest BCUT2D eigenvalue weighted by molar-refractivity contribution is 9.10. The standard InChI is InChI=1S/C17H22BrN3O2/c1-19-15(22)12-20-8-10-21(11-9-20)16(23)17(6-7-17)13-2-4-14(18)5-3-13/h2-5H,6-12H2,1H3,(H,19,22). The molecule has 1 aliphatic heterocycles. The Labute approximate surface area is 145 Å². The van der Waals surface area contributed by atoms with Gasteiger partial charge >= 0.3 is 0 Å². The molecule has 1 aromatic rings. The molecule has 1 saturated heterocycles. The van der Waals surface area contributed by atoms with Crippen LogP contribution in [0.3, 0.4) is 0 Å². The van der Waals surface area contributed by atoms with E-state index in [9.17, 15) is 9.59 Å². The lowest BCUT2D eigenvalue weighted by molar-refractivity contribution is -0.136. The Kier molecular flexibility index (Phi) is 4.73. The summed E-state index contributed by atoms with van der Waals surface area (Å²) in [5, 5.41) is 2.64. The van der Waals surface area contributed by atoms with Gasteiger partial charge < -0.3 is 10.2 Å². The summed E-state index contributed by atoms with van der Waals surface area (Å²) in [7, 11) is 1.65. The highest BCUT2D eigenvalue weighted by Crippen LogP contribution is 2.49. The zero-order chi connectivity index (χ0) is 16.4. The van der Waals surface area contributed by atoms with Gasteiger partial charge in [-0.15, -0.1) is 0 Å². The van der Waals surface area contributed by atoms with Crippen LogP contribution in [0, 0.1) is 0 Å². The average molecular weight is 380 g/mol. The van der Waals surface area contributed by atoms with Gasteiger partial charge in [0.1, 0.15) is 0 Å². The molecule has 1 saturated carbocycles. The summed E-state index contributed by atoms with van der Waals surface area (Å²) in [6.07, 6.45) is 1.87. The monoisotopic (exact) mass is 379 g/mol. The molecule has 0 spiro atoms. The number of likely N-dealkylation sites (N-methyl/N-ethyl adjacent to an activating group) is 1. The first-order chi connectivity index (χ1) is 11.0. The van der Waals surface area contributed by atoms with Gasteiger partial charge in [0, 0.05) is 37.7 Å². The maximum absolute atomic E-state index is 13.0. The minimum Gasteiger partial charge on any atom is -0.358 e. The number of benzene rings is 1. The Morgan fingerprint density at radius 2 is 1.74 bits per heavy atom. The number of nitrogens with zero attached hydrogens (tertiary/aromatic N) is 2. The van der Waals surface area contributed by atoms with Gasteiger partial charge in [0.15, 0.2) is 0 Å². The van der Waals surface area contributed by atoms with E-state index in [0.29, 0.717) is 19.6 Å². The highest BCUT2D eigenvalue weighted by atomic mass is 79.9. The topological polar surface area (TPSA) is 52.7 Å². The van der Waals surface area contributed by atoms with Crippen molar-refractivity contribution in [1.29, 1.82) is 0 Å². The summed E-state index contributed by atoms with van der Waals surface area (Å²) in [6.45, 7) is 3.34. The van der Waals surface area contributed by atoms with Gasteiger partial charge in [0.05, 0.1) is 12.0 Å². The van der Waals surface area contributed by atoms with E-state index in [4.69, 9.17) is 0 Å². The molecule has 1 aromatic carbocycles. The van der Waals surface area contributed by atoms with Crippen molar-refractivity contribution < 1.29 is 9.59 Å². The van der Waals surface area contributed by atoms with E-state index in [1.807, 2.05) is 17.0 Å². The van der Waals surface area contributed by atoms with Crippen LogP contribution in [0.2, 0.25) is 0 Å². The molecule has 0 aromatic heterocycles. The van der Waals surface area contributed by atoms with Crippen LogP contribution in [-0.4, -0.2) is 61.4 Å². The molecule has 3 rings (SSSR count). The number of hydrogen-bond donors (Lipinski definition) is 1. The molecule has 5 nitrogen and oxygen atoms in total. The number of halogens is 1. The molecule has 124 valence electrons. The second-order valence-electron chi connectivity index (χ2n) is 6.33. The fraction of sp³-hybridized carbons (Fsp3) is 0.529. The Morgan fingerprint density at radius 3 is 2.26 bits per heavy atom. The highest BCUT2D eigenvalue weighted by Gasteiger charge is 2.53. The van der Waals surface area contributed by atoms with Gasteiger partial charge in [-0.05, 0) is 30.5 Å². The van der Waals surface area contributed by atoms with Crippen LogP contribution in [0.15, 0.2) is 28.7 Å². The van der Waals surface area contributed by atoms with Gasteiger partial charge in [-0.2, -0.15) is 0 Å². The predicted octanol–water partition coefficient (Wildman–Crippen LogP) is 1.37. The molecule has 2 fully saturated rings. The number of amides is 2. The van der Waals surface area contributed by atoms with Crippen LogP contribution in [0.4, 0.5) is 0 Å². The summed E-state index contributed by atoms with van der Waals surface area (Å²) in [4.78, 5) is 28.5. The van der Waals surface area contributed by atoms with Gasteiger partial charge in [-0.25, -0.2) is 0 Å². The summed E-state index contributed by atoms with van der Waals surface area (Å²) in [5.41, 5.74) is 0.822. The molecular formula is C17H22BrN3O2. The third kappa shape index (κ3) is 3.43. The molecule has 1 aliphatic carbocycles. The minimum atomic E-state index is -0.302. The third-order valence-corrected chi connectivity index (χ3v) is 5.39. The van der Waals surface area contributed by atoms with Gasteiger partial charge in [-0.1, -0.05) is 28.1 Å². The summed E-state index contributed by atoms with van der Waals surface area (Å²) >= 11 is 3.44. The molecule has 23 heavy (non-hydrogen) atoms. The first-order valence-corrected chi connectivity index (χ1v) is 8.83. The predicted molar refractivity (Wildman–Crippen MR) is 92.1 cm³/mol. The summed E-state index contributed by atoms with van der Waals surface area (Å²) in [6, 6.07) is 8.11. The molecule has 0 bridgehead atoms. The summed E-state index contributed by atoms with van der Waals surface area (Å²) in [5.74, 6) is 0.276. The van der Waals surface area contributed by atoms with E-state index in [1.54, 1.807) is 7.05 Å². The first-order valence-electron chi connectivity index (χ1n) is 8.03. The van der Waals surface area contributed by atoms with Crippen molar-refractivity contribution in [3.05, 3.63) is 34.3 Å². The lowest BCUT2D eigenvalue weighted by atomic mass is 9.94. The Hall–Kier alpha value is -1.40. The number of nitrogens with one attached hydrogen (secondary N) is 1. The molecule has 0 atom stereocenters. The van der Waals surface area contributed by atoms with Crippen molar-refractivity contribution >= 4 is 27.7 Å². The van der Waals surface area contributed by atoms with Crippen LogP contribution >= 0.6 is 15.9 Å². The average Bonchev–Trinajstić information content (AvgIpc) is 3.37. The van der Waals surface area contributed by atoms with Gasteiger partial charge in [0.25, 0.3) is 0 Å². The molecule has 0 radical (unpaired) electrons. The van der Waals surface area contributed by atoms with E-state index < -0.39 is 0 Å². The molecule has 0 unspecified atom stereocenters. The van der Waals surface area contributed by atoms with Crippen LogP contribution in [0.1, 0.15) is 18.4 Å².